The Balaban J connectivity index is 1.93. The lowest BCUT2D eigenvalue weighted by molar-refractivity contribution is -0.0895. The molecule has 3 rings (SSSR count). The number of hydrogen-bond donors (Lipinski definition) is 1. The summed E-state index contributed by atoms with van der Waals surface area (Å²) < 4.78 is 76.4. The molecule has 3 nitrogen and oxygen atoms in total. The number of nitrogens with zero attached hydrogens (tertiary/aromatic N) is 2. The van der Waals surface area contributed by atoms with E-state index < -0.39 is 23.4 Å². The summed E-state index contributed by atoms with van der Waals surface area (Å²) in [6.45, 7) is 0. The smallest absolute Gasteiger partial charge is 0.303 e. The van der Waals surface area contributed by atoms with Crippen molar-refractivity contribution in [1.29, 1.82) is 0 Å². The maximum Gasteiger partial charge on any atom is 0.446 e. The molecule has 1 N–H and O–H groups in total. The van der Waals surface area contributed by atoms with Crippen LogP contribution in [0.25, 0.3) is 0 Å². The number of allylic oxidation sites excluding steroid dienone is 2. The number of benzene rings is 1. The van der Waals surface area contributed by atoms with Gasteiger partial charge in [0.2, 0.25) is 0 Å². The molecule has 0 saturated heterocycles. The van der Waals surface area contributed by atoms with Crippen molar-refractivity contribution in [1.82, 2.24) is 10.3 Å². The predicted molar refractivity (Wildman–Crippen MR) is 81.7 cm³/mol. The lowest BCUT2D eigenvalue weighted by Crippen LogP contribution is -2.40. The highest BCUT2D eigenvalue weighted by atomic mass is 35.5. The second-order valence-corrected chi connectivity index (χ2v) is 6.64. The Kier molecular flexibility index (Phi) is 4.44. The Morgan fingerprint density at radius 3 is 2.52 bits per heavy atom. The van der Waals surface area contributed by atoms with E-state index in [2.05, 4.69) is 10.5 Å². The lowest BCUT2D eigenvalue weighted by atomic mass is 10.1. The summed E-state index contributed by atoms with van der Waals surface area (Å²) in [6.07, 6.45) is -3.85. The van der Waals surface area contributed by atoms with Crippen molar-refractivity contribution in [2.75, 3.05) is 0 Å². The van der Waals surface area contributed by atoms with Crippen LogP contribution in [-0.2, 0) is 0 Å². The average molecular weight is 400 g/mol. The molecule has 0 aliphatic carbocycles. The van der Waals surface area contributed by atoms with E-state index >= 15 is 0 Å². The third kappa shape index (κ3) is 3.90. The van der Waals surface area contributed by atoms with E-state index in [-0.39, 0.29) is 33.1 Å². The molecular weight excluding hydrogens is 392 g/mol. The number of hydrogen-bond acceptors (Lipinski definition) is 4. The average Bonchev–Trinajstić information content (AvgIpc) is 2.89. The van der Waals surface area contributed by atoms with Gasteiger partial charge in [-0.2, -0.15) is 31.4 Å². The lowest BCUT2D eigenvalue weighted by Gasteiger charge is -2.28. The minimum Gasteiger partial charge on any atom is -0.303 e. The second-order valence-electron chi connectivity index (χ2n) is 5.06. The zero-order valence-corrected chi connectivity index (χ0v) is 13.6. The summed E-state index contributed by atoms with van der Waals surface area (Å²) in [5, 5.41) is 3.79. The molecule has 25 heavy (non-hydrogen) atoms. The van der Waals surface area contributed by atoms with E-state index in [1.807, 2.05) is 0 Å². The first-order chi connectivity index (χ1) is 11.5. The van der Waals surface area contributed by atoms with E-state index in [4.69, 9.17) is 11.6 Å². The largest absolute Gasteiger partial charge is 0.446 e. The first kappa shape index (κ1) is 18.0. The van der Waals surface area contributed by atoms with Gasteiger partial charge in [-0.1, -0.05) is 23.7 Å². The van der Waals surface area contributed by atoms with E-state index in [1.54, 1.807) is 0 Å². The highest BCUT2D eigenvalue weighted by Gasteiger charge is 2.40. The van der Waals surface area contributed by atoms with Crippen molar-refractivity contribution in [2.24, 2.45) is 5.10 Å². The predicted octanol–water partition coefficient (Wildman–Crippen LogP) is 4.77. The van der Waals surface area contributed by atoms with Crippen LogP contribution in [0.1, 0.15) is 5.56 Å². The van der Waals surface area contributed by atoms with E-state index in [0.29, 0.717) is 0 Å². The molecular formula is C14H8ClF6N3S. The van der Waals surface area contributed by atoms with Crippen molar-refractivity contribution in [3.05, 3.63) is 52.7 Å². The van der Waals surface area contributed by atoms with E-state index in [1.165, 1.54) is 24.3 Å². The fraction of sp³-hybridized carbons (Fsp3) is 0.214. The molecule has 1 aromatic carbocycles. The first-order valence-electron chi connectivity index (χ1n) is 6.68. The van der Waals surface area contributed by atoms with Crippen molar-refractivity contribution in [2.45, 2.75) is 22.7 Å². The van der Waals surface area contributed by atoms with Gasteiger partial charge in [-0.3, -0.25) is 5.43 Å². The van der Waals surface area contributed by atoms with Crippen LogP contribution < -0.4 is 5.43 Å². The summed E-state index contributed by atoms with van der Waals surface area (Å²) in [6, 6.07) is 5.28. The zero-order valence-electron chi connectivity index (χ0n) is 12.0. The van der Waals surface area contributed by atoms with Crippen LogP contribution in [0, 0.1) is 0 Å². The molecule has 0 amide bonds. The van der Waals surface area contributed by atoms with Gasteiger partial charge in [0.05, 0.1) is 10.6 Å². The van der Waals surface area contributed by atoms with Gasteiger partial charge >= 0.3 is 11.7 Å². The van der Waals surface area contributed by atoms with Gasteiger partial charge in [-0.05, 0) is 30.0 Å². The zero-order chi connectivity index (χ0) is 18.4. The fourth-order valence-corrected chi connectivity index (χ4v) is 3.18. The summed E-state index contributed by atoms with van der Waals surface area (Å²) >= 11 is 5.56. The summed E-state index contributed by atoms with van der Waals surface area (Å²) in [7, 11) is 0. The molecule has 0 fully saturated rings. The number of rotatable bonds is 2. The number of hydrazone groups is 1. The summed E-state index contributed by atoms with van der Waals surface area (Å²) in [5.74, 6) is 0.0441. The quantitative estimate of drug-likeness (QED) is 0.573. The Morgan fingerprint density at radius 2 is 1.88 bits per heavy atom. The van der Waals surface area contributed by atoms with Crippen LogP contribution in [0.15, 0.2) is 57.1 Å². The Morgan fingerprint density at radius 1 is 1.16 bits per heavy atom. The van der Waals surface area contributed by atoms with Crippen LogP contribution in [0.2, 0.25) is 0 Å². The monoisotopic (exact) mass is 399 g/mol. The molecule has 0 radical (unpaired) electrons. The standard InChI is InChI=1S/C14H8ClF6N3S/c15-10-5-8(13(16,17)18)6-24-11(22-23-12(10)24)7-2-1-3-9(4-7)25-14(19,20)21/h1-6,12,23H. The highest BCUT2D eigenvalue weighted by molar-refractivity contribution is 8.00. The van der Waals surface area contributed by atoms with Gasteiger partial charge in [-0.25, -0.2) is 0 Å². The molecule has 0 bridgehead atoms. The van der Waals surface area contributed by atoms with Crippen LogP contribution in [0.5, 0.6) is 0 Å². The molecule has 134 valence electrons. The van der Waals surface area contributed by atoms with Gasteiger partial charge in [0.15, 0.2) is 12.0 Å². The number of thioether (sulfide) groups is 1. The molecule has 0 saturated carbocycles. The van der Waals surface area contributed by atoms with Gasteiger partial charge in [-0.15, -0.1) is 0 Å². The van der Waals surface area contributed by atoms with Crippen molar-refractivity contribution in [3.63, 3.8) is 0 Å². The normalized spacial score (nSPS) is 20.5. The van der Waals surface area contributed by atoms with Crippen LogP contribution in [0.4, 0.5) is 26.3 Å². The molecule has 1 unspecified atom stereocenters. The van der Waals surface area contributed by atoms with Gasteiger partial charge in [0.1, 0.15) is 0 Å². The molecule has 2 heterocycles. The maximum absolute atomic E-state index is 13.0. The minimum atomic E-state index is -4.62. The summed E-state index contributed by atoms with van der Waals surface area (Å²) in [4.78, 5) is 1.04. The van der Waals surface area contributed by atoms with E-state index in [0.717, 1.165) is 17.2 Å². The molecule has 0 spiro atoms. The number of nitrogens with one attached hydrogen (secondary N) is 1. The van der Waals surface area contributed by atoms with Gasteiger partial charge in [0.25, 0.3) is 0 Å². The third-order valence-electron chi connectivity index (χ3n) is 3.30. The van der Waals surface area contributed by atoms with Crippen molar-refractivity contribution >= 4 is 29.2 Å². The topological polar surface area (TPSA) is 27.6 Å². The Labute approximate surface area is 147 Å². The van der Waals surface area contributed by atoms with Gasteiger partial charge < -0.3 is 4.90 Å². The maximum atomic E-state index is 13.0. The number of amidine groups is 1. The molecule has 1 atom stereocenters. The van der Waals surface area contributed by atoms with Crippen LogP contribution >= 0.6 is 23.4 Å². The number of halogens is 7. The Hall–Kier alpha value is -1.81. The van der Waals surface area contributed by atoms with Crippen LogP contribution in [0.3, 0.4) is 0 Å². The second kappa shape index (κ2) is 6.17. The Bertz CT molecular complexity index is 784. The van der Waals surface area contributed by atoms with Crippen molar-refractivity contribution in [3.8, 4) is 0 Å². The minimum absolute atomic E-state index is 0.0441. The molecule has 2 aliphatic heterocycles. The van der Waals surface area contributed by atoms with E-state index in [9.17, 15) is 26.3 Å². The highest BCUT2D eigenvalue weighted by Crippen LogP contribution is 2.38. The summed E-state index contributed by atoms with van der Waals surface area (Å²) in [5.41, 5.74) is -2.66. The molecule has 0 aromatic heterocycles. The first-order valence-corrected chi connectivity index (χ1v) is 7.88. The molecule has 2 aliphatic rings. The SMILES string of the molecule is FC(F)(F)Sc1cccc(C2=NNC3C(Cl)=CC(C(F)(F)F)=CN23)c1. The van der Waals surface area contributed by atoms with Crippen LogP contribution in [-0.4, -0.2) is 28.6 Å². The number of fused-ring (bicyclic) bond motifs is 1. The molecule has 1 aromatic rings. The van der Waals surface area contributed by atoms with Gasteiger partial charge in [0, 0.05) is 16.7 Å². The number of alkyl halides is 6. The van der Waals surface area contributed by atoms with Crippen molar-refractivity contribution < 1.29 is 26.3 Å². The molecule has 11 heteroatoms. The third-order valence-corrected chi connectivity index (χ3v) is 4.34. The fourth-order valence-electron chi connectivity index (χ4n) is 2.31.